The highest BCUT2D eigenvalue weighted by atomic mass is 19.1. The summed E-state index contributed by atoms with van der Waals surface area (Å²) in [6, 6.07) is 4.34. The number of aliphatic hydroxyl groups is 1. The van der Waals surface area contributed by atoms with Crippen LogP contribution >= 0.6 is 0 Å². The van der Waals surface area contributed by atoms with Gasteiger partial charge in [0.05, 0.1) is 11.7 Å². The molecule has 1 aromatic rings. The van der Waals surface area contributed by atoms with Crippen LogP contribution in [0.25, 0.3) is 0 Å². The zero-order chi connectivity index (χ0) is 12.8. The highest BCUT2D eigenvalue weighted by molar-refractivity contribution is 5.46. The molecule has 0 amide bonds. The summed E-state index contributed by atoms with van der Waals surface area (Å²) in [5.41, 5.74) is 0.509. The van der Waals surface area contributed by atoms with Gasteiger partial charge in [0.2, 0.25) is 0 Å². The number of rotatable bonds is 2. The summed E-state index contributed by atoms with van der Waals surface area (Å²) in [7, 11) is 0. The fourth-order valence-electron chi connectivity index (χ4n) is 2.20. The van der Waals surface area contributed by atoms with E-state index in [0.29, 0.717) is 11.3 Å². The first-order valence-electron chi connectivity index (χ1n) is 6.35. The largest absolute Gasteiger partial charge is 0.489 e. The Morgan fingerprint density at radius 1 is 1.28 bits per heavy atom. The van der Waals surface area contributed by atoms with Crippen LogP contribution < -0.4 is 4.74 Å². The van der Waals surface area contributed by atoms with E-state index in [9.17, 15) is 4.39 Å². The molecular weight excluding hydrogens is 231 g/mol. The molecule has 0 aliphatic heterocycles. The number of hydrogen-bond donors (Lipinski definition) is 1. The number of hydrogen-bond acceptors (Lipinski definition) is 2. The van der Waals surface area contributed by atoms with Gasteiger partial charge in [-0.3, -0.25) is 0 Å². The lowest BCUT2D eigenvalue weighted by Gasteiger charge is -2.23. The van der Waals surface area contributed by atoms with E-state index in [1.165, 1.54) is 31.4 Å². The van der Waals surface area contributed by atoms with Crippen molar-refractivity contribution in [3.63, 3.8) is 0 Å². The molecule has 1 aliphatic rings. The quantitative estimate of drug-likeness (QED) is 0.815. The molecule has 1 saturated carbocycles. The number of ether oxygens (including phenoxy) is 1. The van der Waals surface area contributed by atoms with E-state index in [-0.39, 0.29) is 18.5 Å². The molecule has 0 spiro atoms. The molecule has 1 aromatic carbocycles. The Labute approximate surface area is 107 Å². The van der Waals surface area contributed by atoms with Gasteiger partial charge in [-0.2, -0.15) is 0 Å². The summed E-state index contributed by atoms with van der Waals surface area (Å²) in [6.07, 6.45) is 5.93. The highest BCUT2D eigenvalue weighted by Gasteiger charge is 2.16. The minimum Gasteiger partial charge on any atom is -0.489 e. The molecule has 96 valence electrons. The maximum Gasteiger partial charge on any atom is 0.135 e. The molecule has 0 heterocycles. The Bertz CT molecular complexity index is 453. The van der Waals surface area contributed by atoms with Crippen molar-refractivity contribution < 1.29 is 14.2 Å². The number of aliphatic hydroxyl groups excluding tert-OH is 1. The SMILES string of the molecule is OCC#Cc1cc(F)ccc1OC1CCCCC1. The lowest BCUT2D eigenvalue weighted by atomic mass is 9.97. The lowest BCUT2D eigenvalue weighted by molar-refractivity contribution is 0.154. The van der Waals surface area contributed by atoms with Crippen LogP contribution in [0.15, 0.2) is 18.2 Å². The second kappa shape index (κ2) is 6.42. The van der Waals surface area contributed by atoms with Crippen LogP contribution in [-0.2, 0) is 0 Å². The van der Waals surface area contributed by atoms with Crippen LogP contribution in [0.5, 0.6) is 5.75 Å². The van der Waals surface area contributed by atoms with Crippen molar-refractivity contribution in [2.75, 3.05) is 6.61 Å². The summed E-state index contributed by atoms with van der Waals surface area (Å²) < 4.78 is 19.1. The maximum absolute atomic E-state index is 13.2. The molecule has 2 rings (SSSR count). The second-order valence-corrected chi connectivity index (χ2v) is 4.48. The molecule has 1 aliphatic carbocycles. The van der Waals surface area contributed by atoms with Crippen molar-refractivity contribution in [3.05, 3.63) is 29.6 Å². The molecule has 1 fully saturated rings. The van der Waals surface area contributed by atoms with Crippen LogP contribution in [0.2, 0.25) is 0 Å². The van der Waals surface area contributed by atoms with Gasteiger partial charge in [0.15, 0.2) is 0 Å². The van der Waals surface area contributed by atoms with E-state index in [1.54, 1.807) is 6.07 Å². The Kier molecular flexibility index (Phi) is 4.60. The van der Waals surface area contributed by atoms with Crippen LogP contribution in [0, 0.1) is 17.7 Å². The third-order valence-corrected chi connectivity index (χ3v) is 3.09. The molecule has 0 atom stereocenters. The van der Waals surface area contributed by atoms with Crippen molar-refractivity contribution in [2.24, 2.45) is 0 Å². The highest BCUT2D eigenvalue weighted by Crippen LogP contribution is 2.26. The van der Waals surface area contributed by atoms with E-state index >= 15 is 0 Å². The van der Waals surface area contributed by atoms with E-state index in [1.807, 2.05) is 0 Å². The molecular formula is C15H17FO2. The molecule has 18 heavy (non-hydrogen) atoms. The first kappa shape index (κ1) is 12.9. The minimum atomic E-state index is -0.340. The summed E-state index contributed by atoms with van der Waals surface area (Å²) in [5, 5.41) is 8.70. The summed E-state index contributed by atoms with van der Waals surface area (Å²) in [5.74, 6) is 5.53. The van der Waals surface area contributed by atoms with E-state index in [4.69, 9.17) is 9.84 Å². The third-order valence-electron chi connectivity index (χ3n) is 3.09. The van der Waals surface area contributed by atoms with Crippen LogP contribution in [0.1, 0.15) is 37.7 Å². The maximum atomic E-state index is 13.2. The first-order chi connectivity index (χ1) is 8.79. The third kappa shape index (κ3) is 3.48. The van der Waals surface area contributed by atoms with Crippen LogP contribution in [0.3, 0.4) is 0 Å². The molecule has 3 heteroatoms. The Morgan fingerprint density at radius 2 is 2.06 bits per heavy atom. The number of halogens is 1. The molecule has 0 unspecified atom stereocenters. The predicted octanol–water partition coefficient (Wildman–Crippen LogP) is 2.88. The predicted molar refractivity (Wildman–Crippen MR) is 67.9 cm³/mol. The van der Waals surface area contributed by atoms with Gasteiger partial charge in [0.1, 0.15) is 18.2 Å². The molecule has 0 radical (unpaired) electrons. The van der Waals surface area contributed by atoms with Gasteiger partial charge >= 0.3 is 0 Å². The standard InChI is InChI=1S/C15H17FO2/c16-13-8-9-15(12(11-13)5-4-10-17)18-14-6-2-1-3-7-14/h8-9,11,14,17H,1-3,6-7,10H2. The van der Waals surface area contributed by atoms with Gasteiger partial charge in [-0.1, -0.05) is 18.3 Å². The van der Waals surface area contributed by atoms with Crippen LogP contribution in [-0.4, -0.2) is 17.8 Å². The molecule has 2 nitrogen and oxygen atoms in total. The summed E-state index contributed by atoms with van der Waals surface area (Å²) in [4.78, 5) is 0. The van der Waals surface area contributed by atoms with Gasteiger partial charge in [0, 0.05) is 0 Å². The van der Waals surface area contributed by atoms with Gasteiger partial charge in [0.25, 0.3) is 0 Å². The Morgan fingerprint density at radius 3 is 2.78 bits per heavy atom. The molecule has 0 bridgehead atoms. The molecule has 0 aromatic heterocycles. The second-order valence-electron chi connectivity index (χ2n) is 4.48. The normalized spacial score (nSPS) is 15.9. The van der Waals surface area contributed by atoms with Gasteiger partial charge in [-0.25, -0.2) is 4.39 Å². The molecule has 0 saturated heterocycles. The topological polar surface area (TPSA) is 29.5 Å². The number of benzene rings is 1. The fourth-order valence-corrected chi connectivity index (χ4v) is 2.20. The smallest absolute Gasteiger partial charge is 0.135 e. The Balaban J connectivity index is 2.15. The summed E-state index contributed by atoms with van der Waals surface area (Å²) in [6.45, 7) is -0.237. The zero-order valence-electron chi connectivity index (χ0n) is 10.3. The van der Waals surface area contributed by atoms with Gasteiger partial charge in [-0.05, 0) is 43.9 Å². The van der Waals surface area contributed by atoms with E-state index in [0.717, 1.165) is 12.8 Å². The van der Waals surface area contributed by atoms with E-state index in [2.05, 4.69) is 11.8 Å². The van der Waals surface area contributed by atoms with Crippen molar-refractivity contribution >= 4 is 0 Å². The van der Waals surface area contributed by atoms with Gasteiger partial charge < -0.3 is 9.84 Å². The van der Waals surface area contributed by atoms with E-state index < -0.39 is 0 Å². The monoisotopic (exact) mass is 248 g/mol. The van der Waals surface area contributed by atoms with Crippen molar-refractivity contribution in [3.8, 4) is 17.6 Å². The summed E-state index contributed by atoms with van der Waals surface area (Å²) >= 11 is 0. The van der Waals surface area contributed by atoms with Crippen molar-refractivity contribution in [1.82, 2.24) is 0 Å². The van der Waals surface area contributed by atoms with Gasteiger partial charge in [-0.15, -0.1) is 0 Å². The van der Waals surface area contributed by atoms with Crippen molar-refractivity contribution in [2.45, 2.75) is 38.2 Å². The average Bonchev–Trinajstić information content (AvgIpc) is 2.40. The van der Waals surface area contributed by atoms with Crippen molar-refractivity contribution in [1.29, 1.82) is 0 Å². The minimum absolute atomic E-state index is 0.207. The Hall–Kier alpha value is -1.53. The zero-order valence-corrected chi connectivity index (χ0v) is 10.3. The average molecular weight is 248 g/mol. The van der Waals surface area contributed by atoms with Crippen LogP contribution in [0.4, 0.5) is 4.39 Å². The first-order valence-corrected chi connectivity index (χ1v) is 6.35. The molecule has 1 N–H and O–H groups in total. The lowest BCUT2D eigenvalue weighted by Crippen LogP contribution is -2.20. The fraction of sp³-hybridized carbons (Fsp3) is 0.467.